The fraction of sp³-hybridized carbons (Fsp3) is 0.391. The number of carbonyl (C=O) groups is 1. The molecule has 1 aromatic carbocycles. The van der Waals surface area contributed by atoms with E-state index in [1.54, 1.807) is 23.1 Å². The van der Waals surface area contributed by atoms with Crippen molar-refractivity contribution >= 4 is 17.3 Å². The highest BCUT2D eigenvalue weighted by molar-refractivity contribution is 7.13. The maximum Gasteiger partial charge on any atom is 0.339 e. The van der Waals surface area contributed by atoms with Crippen molar-refractivity contribution in [3.63, 3.8) is 0 Å². The van der Waals surface area contributed by atoms with Gasteiger partial charge < -0.3 is 14.6 Å². The zero-order chi connectivity index (χ0) is 21.5. The van der Waals surface area contributed by atoms with Crippen molar-refractivity contribution < 1.29 is 19.4 Å². The first-order valence-electron chi connectivity index (χ1n) is 10.0. The van der Waals surface area contributed by atoms with Gasteiger partial charge in [-0.3, -0.25) is 4.68 Å². The average molecular weight is 427 g/mol. The molecule has 0 aliphatic carbocycles. The Hall–Kier alpha value is -2.64. The number of ether oxygens (including phenoxy) is 2. The van der Waals surface area contributed by atoms with E-state index in [-0.39, 0.29) is 0 Å². The van der Waals surface area contributed by atoms with E-state index >= 15 is 0 Å². The molecule has 0 bridgehead atoms. The predicted molar refractivity (Wildman–Crippen MR) is 117 cm³/mol. The Morgan fingerprint density at radius 2 is 2.13 bits per heavy atom. The average Bonchev–Trinajstić information content (AvgIpc) is 3.32. The topological polar surface area (TPSA) is 73.6 Å². The zero-order valence-electron chi connectivity index (χ0n) is 17.6. The molecular formula is C23H26N2O4S. The van der Waals surface area contributed by atoms with Crippen LogP contribution in [0, 0.1) is 0 Å². The van der Waals surface area contributed by atoms with Gasteiger partial charge in [-0.25, -0.2) is 4.79 Å². The number of nitrogens with zero attached hydrogens (tertiary/aromatic N) is 2. The van der Waals surface area contributed by atoms with E-state index in [2.05, 4.69) is 6.07 Å². The van der Waals surface area contributed by atoms with Crippen LogP contribution in [0.15, 0.2) is 35.7 Å². The molecule has 4 rings (SSSR count). The maximum absolute atomic E-state index is 12.3. The first-order valence-corrected chi connectivity index (χ1v) is 10.9. The number of benzene rings is 1. The predicted octanol–water partition coefficient (Wildman–Crippen LogP) is 5.08. The summed E-state index contributed by atoms with van der Waals surface area (Å²) < 4.78 is 13.4. The maximum atomic E-state index is 12.3. The molecule has 0 radical (unpaired) electrons. The highest BCUT2D eigenvalue weighted by Crippen LogP contribution is 2.42. The lowest BCUT2D eigenvalue weighted by Gasteiger charge is -2.26. The summed E-state index contributed by atoms with van der Waals surface area (Å²) in [4.78, 5) is 13.2. The van der Waals surface area contributed by atoms with Crippen molar-refractivity contribution in [3.05, 3.63) is 47.0 Å². The number of hydrogen-bond donors (Lipinski definition) is 1. The normalized spacial score (nSPS) is 14.8. The molecule has 1 N–H and O–H groups in total. The number of rotatable bonds is 5. The summed E-state index contributed by atoms with van der Waals surface area (Å²) in [5.41, 5.74) is 3.53. The van der Waals surface area contributed by atoms with Crippen LogP contribution in [0.25, 0.3) is 21.7 Å². The molecule has 7 heteroatoms. The standard InChI is InChI=1S/C23H26N2O4S/c1-23(2,3)29-21(22(26)27)20-18(19(24-25(20)4)17-8-6-12-30-17)15-9-10-16-14(13-15)7-5-11-28-16/h6,8-10,12-13,21H,5,7,11H2,1-4H3,(H,26,27). The molecule has 2 aromatic heterocycles. The summed E-state index contributed by atoms with van der Waals surface area (Å²) in [6, 6.07) is 10.0. The summed E-state index contributed by atoms with van der Waals surface area (Å²) >= 11 is 1.58. The van der Waals surface area contributed by atoms with Crippen molar-refractivity contribution in [2.75, 3.05) is 6.61 Å². The number of hydrogen-bond acceptors (Lipinski definition) is 5. The quantitative estimate of drug-likeness (QED) is 0.616. The van der Waals surface area contributed by atoms with Gasteiger partial charge in [0.2, 0.25) is 0 Å². The van der Waals surface area contributed by atoms with Gasteiger partial charge in [0.15, 0.2) is 6.10 Å². The van der Waals surface area contributed by atoms with Crippen LogP contribution in [0.5, 0.6) is 5.75 Å². The smallest absolute Gasteiger partial charge is 0.339 e. The Morgan fingerprint density at radius 3 is 2.80 bits per heavy atom. The largest absolute Gasteiger partial charge is 0.493 e. The van der Waals surface area contributed by atoms with Gasteiger partial charge in [0.05, 0.1) is 22.8 Å². The molecular weight excluding hydrogens is 400 g/mol. The van der Waals surface area contributed by atoms with Crippen molar-refractivity contribution in [2.24, 2.45) is 7.05 Å². The number of carboxylic acid groups (broad SMARTS) is 1. The molecule has 0 saturated carbocycles. The van der Waals surface area contributed by atoms with E-state index in [9.17, 15) is 9.90 Å². The first-order chi connectivity index (χ1) is 14.2. The summed E-state index contributed by atoms with van der Waals surface area (Å²) in [6.45, 7) is 6.30. The third-order valence-electron chi connectivity index (χ3n) is 4.99. The third kappa shape index (κ3) is 4.00. The first kappa shape index (κ1) is 20.6. The van der Waals surface area contributed by atoms with E-state index in [4.69, 9.17) is 14.6 Å². The summed E-state index contributed by atoms with van der Waals surface area (Å²) in [6.07, 6.45) is 0.769. The van der Waals surface area contributed by atoms with E-state index in [0.29, 0.717) is 5.69 Å². The van der Waals surface area contributed by atoms with Crippen LogP contribution in [0.3, 0.4) is 0 Å². The van der Waals surface area contributed by atoms with Gasteiger partial charge in [-0.05, 0) is 68.3 Å². The zero-order valence-corrected chi connectivity index (χ0v) is 18.5. The second-order valence-electron chi connectivity index (χ2n) is 8.43. The van der Waals surface area contributed by atoms with Gasteiger partial charge in [0, 0.05) is 12.6 Å². The number of thiophene rings is 1. The molecule has 3 heterocycles. The van der Waals surface area contributed by atoms with Crippen LogP contribution in [0.2, 0.25) is 0 Å². The van der Waals surface area contributed by atoms with Gasteiger partial charge >= 0.3 is 5.97 Å². The second-order valence-corrected chi connectivity index (χ2v) is 9.38. The molecule has 0 saturated heterocycles. The molecule has 1 unspecified atom stereocenters. The molecule has 6 nitrogen and oxygen atoms in total. The van der Waals surface area contributed by atoms with Crippen molar-refractivity contribution in [2.45, 2.75) is 45.3 Å². The molecule has 158 valence electrons. The highest BCUT2D eigenvalue weighted by atomic mass is 32.1. The Balaban J connectivity index is 1.94. The monoisotopic (exact) mass is 426 g/mol. The van der Waals surface area contributed by atoms with E-state index in [1.165, 1.54) is 0 Å². The molecule has 1 aliphatic rings. The van der Waals surface area contributed by atoms with Gasteiger partial charge in [-0.1, -0.05) is 12.1 Å². The minimum Gasteiger partial charge on any atom is -0.493 e. The van der Waals surface area contributed by atoms with Gasteiger partial charge in [0.25, 0.3) is 0 Å². The SMILES string of the molecule is Cn1nc(-c2cccs2)c(-c2ccc3c(c2)CCCO3)c1C(OC(C)(C)C)C(=O)O. The van der Waals surface area contributed by atoms with Crippen LogP contribution in [-0.2, 0) is 23.0 Å². The van der Waals surface area contributed by atoms with Crippen LogP contribution >= 0.6 is 11.3 Å². The number of aryl methyl sites for hydroxylation is 2. The molecule has 3 aromatic rings. The molecule has 0 amide bonds. The van der Waals surface area contributed by atoms with Crippen LogP contribution in [-0.4, -0.2) is 33.1 Å². The van der Waals surface area contributed by atoms with E-state index in [1.807, 2.05) is 50.4 Å². The number of carboxylic acids is 1. The number of aliphatic carboxylic acids is 1. The molecule has 0 fully saturated rings. The lowest BCUT2D eigenvalue weighted by molar-refractivity contribution is -0.161. The third-order valence-corrected chi connectivity index (χ3v) is 5.86. The summed E-state index contributed by atoms with van der Waals surface area (Å²) in [5.74, 6) is -0.137. The van der Waals surface area contributed by atoms with Gasteiger partial charge in [-0.15, -0.1) is 11.3 Å². The van der Waals surface area contributed by atoms with Crippen molar-refractivity contribution in [1.29, 1.82) is 0 Å². The summed E-state index contributed by atoms with van der Waals surface area (Å²) in [5, 5.41) is 16.8. The molecule has 0 spiro atoms. The van der Waals surface area contributed by atoms with Crippen LogP contribution in [0.1, 0.15) is 44.6 Å². The number of fused-ring (bicyclic) bond motifs is 1. The van der Waals surface area contributed by atoms with Crippen molar-refractivity contribution in [3.8, 4) is 27.4 Å². The minimum absolute atomic E-state index is 0.539. The van der Waals surface area contributed by atoms with Gasteiger partial charge in [0.1, 0.15) is 11.4 Å². The van der Waals surface area contributed by atoms with Crippen molar-refractivity contribution in [1.82, 2.24) is 9.78 Å². The summed E-state index contributed by atoms with van der Waals surface area (Å²) in [7, 11) is 1.78. The minimum atomic E-state index is -1.14. The molecule has 1 aliphatic heterocycles. The lowest BCUT2D eigenvalue weighted by Crippen LogP contribution is -2.29. The highest BCUT2D eigenvalue weighted by Gasteiger charge is 2.34. The van der Waals surface area contributed by atoms with Crippen LogP contribution in [0.4, 0.5) is 0 Å². The Labute approximate surface area is 180 Å². The van der Waals surface area contributed by atoms with Gasteiger partial charge in [-0.2, -0.15) is 5.10 Å². The fourth-order valence-corrected chi connectivity index (χ4v) is 4.52. The second kappa shape index (κ2) is 7.89. The Kier molecular flexibility index (Phi) is 5.42. The molecule has 30 heavy (non-hydrogen) atoms. The Bertz CT molecular complexity index is 1060. The Morgan fingerprint density at radius 1 is 1.33 bits per heavy atom. The molecule has 1 atom stereocenters. The van der Waals surface area contributed by atoms with E-state index < -0.39 is 17.7 Å². The van der Waals surface area contributed by atoms with E-state index in [0.717, 1.165) is 52.5 Å². The number of aromatic nitrogens is 2. The lowest BCUT2D eigenvalue weighted by atomic mass is 9.95. The van der Waals surface area contributed by atoms with Crippen LogP contribution < -0.4 is 4.74 Å². The fourth-order valence-electron chi connectivity index (χ4n) is 3.80.